The molecule has 9 heteroatoms. The Morgan fingerprint density at radius 3 is 2.61 bits per heavy atom. The van der Waals surface area contributed by atoms with Crippen LogP contribution in [0.25, 0.3) is 0 Å². The zero-order valence-electron chi connectivity index (χ0n) is 16.4. The minimum Gasteiger partial charge on any atom is -0.481 e. The molecule has 2 N–H and O–H groups in total. The molecule has 0 saturated heterocycles. The van der Waals surface area contributed by atoms with Crippen molar-refractivity contribution >= 4 is 33.4 Å². The number of methoxy groups -OCH3 is 1. The third-order valence-corrected chi connectivity index (χ3v) is 6.33. The van der Waals surface area contributed by atoms with E-state index < -0.39 is 22.0 Å². The van der Waals surface area contributed by atoms with Gasteiger partial charge in [-0.1, -0.05) is 12.1 Å². The van der Waals surface area contributed by atoms with Gasteiger partial charge in [0.15, 0.2) is 0 Å². The first kappa shape index (κ1) is 22.2. The number of benzene rings is 1. The Morgan fingerprint density at radius 2 is 2.00 bits per heavy atom. The van der Waals surface area contributed by atoms with Crippen molar-refractivity contribution in [2.24, 2.45) is 0 Å². The second-order valence-electron chi connectivity index (χ2n) is 6.30. The molecule has 1 unspecified atom stereocenters. The Morgan fingerprint density at radius 1 is 1.25 bits per heavy atom. The molecule has 1 aromatic carbocycles. The fraction of sp³-hybridized carbons (Fsp3) is 0.368. The van der Waals surface area contributed by atoms with Gasteiger partial charge in [0, 0.05) is 6.07 Å². The highest BCUT2D eigenvalue weighted by molar-refractivity contribution is 7.98. The summed E-state index contributed by atoms with van der Waals surface area (Å²) in [6.07, 6.45) is 3.73. The maximum absolute atomic E-state index is 12.9. The van der Waals surface area contributed by atoms with Crippen molar-refractivity contribution < 1.29 is 17.9 Å². The number of anilines is 1. The van der Waals surface area contributed by atoms with E-state index in [1.807, 2.05) is 19.2 Å². The molecule has 0 aliphatic heterocycles. The number of aromatic nitrogens is 1. The van der Waals surface area contributed by atoms with Crippen LogP contribution in [0.2, 0.25) is 0 Å². The molecular formula is C19H25N3O4S2. The molecule has 0 saturated carbocycles. The van der Waals surface area contributed by atoms with Crippen LogP contribution in [0.5, 0.6) is 5.88 Å². The topological polar surface area (TPSA) is 97.4 Å². The quantitative estimate of drug-likeness (QED) is 0.644. The number of thioether (sulfide) groups is 1. The zero-order chi connectivity index (χ0) is 20.7. The molecule has 7 nitrogen and oxygen atoms in total. The Hall–Kier alpha value is -2.10. The number of ether oxygens (including phenoxy) is 1. The van der Waals surface area contributed by atoms with Crippen molar-refractivity contribution in [1.82, 2.24) is 9.71 Å². The van der Waals surface area contributed by atoms with Gasteiger partial charge in [-0.05, 0) is 55.5 Å². The third-order valence-electron chi connectivity index (χ3n) is 4.07. The van der Waals surface area contributed by atoms with E-state index in [-0.39, 0.29) is 4.90 Å². The number of hydrogen-bond donors (Lipinski definition) is 2. The lowest BCUT2D eigenvalue weighted by atomic mass is 10.2. The highest BCUT2D eigenvalue weighted by atomic mass is 32.2. The third kappa shape index (κ3) is 5.95. The molecule has 152 valence electrons. The molecule has 2 aromatic rings. The summed E-state index contributed by atoms with van der Waals surface area (Å²) in [6, 6.07) is 7.57. The van der Waals surface area contributed by atoms with Gasteiger partial charge in [-0.15, -0.1) is 0 Å². The lowest BCUT2D eigenvalue weighted by Gasteiger charge is -2.19. The molecular weight excluding hydrogens is 398 g/mol. The van der Waals surface area contributed by atoms with Crippen LogP contribution in [0.1, 0.15) is 17.5 Å². The van der Waals surface area contributed by atoms with Gasteiger partial charge < -0.3 is 10.1 Å². The molecule has 0 radical (unpaired) electrons. The number of sulfonamides is 1. The molecule has 28 heavy (non-hydrogen) atoms. The van der Waals surface area contributed by atoms with Crippen molar-refractivity contribution in [3.63, 3.8) is 0 Å². The summed E-state index contributed by atoms with van der Waals surface area (Å²) < 4.78 is 33.3. The van der Waals surface area contributed by atoms with Crippen molar-refractivity contribution in [2.45, 2.75) is 31.2 Å². The van der Waals surface area contributed by atoms with E-state index in [9.17, 15) is 13.2 Å². The van der Waals surface area contributed by atoms with Crippen LogP contribution in [0.4, 0.5) is 5.69 Å². The number of aryl methyl sites for hydroxylation is 2. The summed E-state index contributed by atoms with van der Waals surface area (Å²) in [7, 11) is -2.35. The van der Waals surface area contributed by atoms with Gasteiger partial charge in [0.2, 0.25) is 21.8 Å². The standard InChI is InChI=1S/C19H25N3O4S2/c1-13-5-6-14(2)17(11-13)28(24,25)22-16(9-10-27-4)19(23)21-15-7-8-18(26-3)20-12-15/h5-8,11-12,16,22H,9-10H2,1-4H3,(H,21,23). The predicted octanol–water partition coefficient (Wildman–Crippen LogP) is 2.75. The molecule has 1 amide bonds. The predicted molar refractivity (Wildman–Crippen MR) is 112 cm³/mol. The zero-order valence-corrected chi connectivity index (χ0v) is 18.0. The van der Waals surface area contributed by atoms with Crippen LogP contribution in [-0.2, 0) is 14.8 Å². The summed E-state index contributed by atoms with van der Waals surface area (Å²) in [5.41, 5.74) is 1.92. The van der Waals surface area contributed by atoms with Crippen LogP contribution in [0, 0.1) is 13.8 Å². The largest absolute Gasteiger partial charge is 0.481 e. The number of rotatable bonds is 9. The van der Waals surface area contributed by atoms with Gasteiger partial charge in [-0.2, -0.15) is 16.5 Å². The average Bonchev–Trinajstić information content (AvgIpc) is 2.67. The minimum atomic E-state index is -3.85. The van der Waals surface area contributed by atoms with E-state index in [0.717, 1.165) is 5.56 Å². The lowest BCUT2D eigenvalue weighted by Crippen LogP contribution is -2.44. The summed E-state index contributed by atoms with van der Waals surface area (Å²) >= 11 is 1.54. The number of amides is 1. The Labute approximate surface area is 170 Å². The minimum absolute atomic E-state index is 0.181. The summed E-state index contributed by atoms with van der Waals surface area (Å²) in [6.45, 7) is 3.56. The Bertz CT molecular complexity index is 915. The molecule has 0 spiro atoms. The SMILES string of the molecule is COc1ccc(NC(=O)C(CCSC)NS(=O)(=O)c2cc(C)ccc2C)cn1. The number of pyridine rings is 1. The number of carbonyl (C=O) groups excluding carboxylic acids is 1. The van der Waals surface area contributed by atoms with Gasteiger partial charge in [0.25, 0.3) is 0 Å². The van der Waals surface area contributed by atoms with E-state index in [1.165, 1.54) is 13.3 Å². The van der Waals surface area contributed by atoms with Crippen LogP contribution >= 0.6 is 11.8 Å². The fourth-order valence-corrected chi connectivity index (χ4v) is 4.56. The summed E-state index contributed by atoms with van der Waals surface area (Å²) in [5, 5.41) is 2.71. The van der Waals surface area contributed by atoms with E-state index in [1.54, 1.807) is 43.0 Å². The Balaban J connectivity index is 2.21. The van der Waals surface area contributed by atoms with Gasteiger partial charge >= 0.3 is 0 Å². The molecule has 0 bridgehead atoms. The normalized spacial score (nSPS) is 12.4. The highest BCUT2D eigenvalue weighted by Crippen LogP contribution is 2.18. The summed E-state index contributed by atoms with van der Waals surface area (Å²) in [4.78, 5) is 16.9. The maximum Gasteiger partial charge on any atom is 0.242 e. The van der Waals surface area contributed by atoms with Crippen molar-refractivity contribution in [1.29, 1.82) is 0 Å². The molecule has 1 aromatic heterocycles. The second kappa shape index (κ2) is 9.90. The average molecular weight is 424 g/mol. The highest BCUT2D eigenvalue weighted by Gasteiger charge is 2.26. The fourth-order valence-electron chi connectivity index (χ4n) is 2.53. The number of nitrogens with zero attached hydrogens (tertiary/aromatic N) is 1. The number of nitrogens with one attached hydrogen (secondary N) is 2. The first-order chi connectivity index (χ1) is 13.3. The molecule has 0 fully saturated rings. The van der Waals surface area contributed by atoms with Gasteiger partial charge in [-0.25, -0.2) is 13.4 Å². The Kier molecular flexibility index (Phi) is 7.85. The van der Waals surface area contributed by atoms with Crippen molar-refractivity contribution in [3.8, 4) is 5.88 Å². The first-order valence-corrected chi connectivity index (χ1v) is 11.5. The van der Waals surface area contributed by atoms with Gasteiger partial charge in [0.1, 0.15) is 6.04 Å². The molecule has 0 aliphatic carbocycles. The first-order valence-electron chi connectivity index (χ1n) is 8.66. The smallest absolute Gasteiger partial charge is 0.242 e. The van der Waals surface area contributed by atoms with Crippen LogP contribution < -0.4 is 14.8 Å². The molecule has 1 atom stereocenters. The molecule has 1 heterocycles. The molecule has 0 aliphatic rings. The van der Waals surface area contributed by atoms with Crippen LogP contribution in [0.3, 0.4) is 0 Å². The van der Waals surface area contributed by atoms with E-state index in [0.29, 0.717) is 29.3 Å². The van der Waals surface area contributed by atoms with Gasteiger partial charge in [0.05, 0.1) is 23.9 Å². The van der Waals surface area contributed by atoms with E-state index in [4.69, 9.17) is 4.74 Å². The summed E-state index contributed by atoms with van der Waals surface area (Å²) in [5.74, 6) is 0.622. The molecule has 2 rings (SSSR count). The van der Waals surface area contributed by atoms with E-state index >= 15 is 0 Å². The number of hydrogen-bond acceptors (Lipinski definition) is 6. The second-order valence-corrected chi connectivity index (χ2v) is 8.97. The number of carbonyl (C=O) groups is 1. The maximum atomic E-state index is 12.9. The van der Waals surface area contributed by atoms with Crippen molar-refractivity contribution in [3.05, 3.63) is 47.7 Å². The van der Waals surface area contributed by atoms with Crippen molar-refractivity contribution in [2.75, 3.05) is 24.4 Å². The monoisotopic (exact) mass is 423 g/mol. The van der Waals surface area contributed by atoms with Gasteiger partial charge in [-0.3, -0.25) is 4.79 Å². The lowest BCUT2D eigenvalue weighted by molar-refractivity contribution is -0.117. The van der Waals surface area contributed by atoms with E-state index in [2.05, 4.69) is 15.0 Å². The van der Waals surface area contributed by atoms with Crippen LogP contribution in [-0.4, -0.2) is 44.5 Å². The van der Waals surface area contributed by atoms with Crippen LogP contribution in [0.15, 0.2) is 41.4 Å².